The Labute approximate surface area is 116 Å². The maximum atomic E-state index is 3.53. The number of para-hydroxylation sites is 2. The lowest BCUT2D eigenvalue weighted by molar-refractivity contribution is 1.03. The minimum atomic E-state index is 1.04. The number of benzene rings is 2. The van der Waals surface area contributed by atoms with Crippen LogP contribution >= 0.6 is 0 Å². The van der Waals surface area contributed by atoms with Gasteiger partial charge in [-0.1, -0.05) is 50.2 Å². The van der Waals surface area contributed by atoms with E-state index in [1.165, 1.54) is 16.8 Å². The third kappa shape index (κ3) is 3.08. The first kappa shape index (κ1) is 13.5. The van der Waals surface area contributed by atoms with Crippen molar-refractivity contribution in [3.8, 4) is 0 Å². The van der Waals surface area contributed by atoms with Crippen LogP contribution in [0, 0.1) is 0 Å². The molecule has 0 amide bonds. The molecule has 0 saturated heterocycles. The van der Waals surface area contributed by atoms with Gasteiger partial charge in [-0.05, 0) is 36.1 Å². The molecule has 0 fully saturated rings. The number of aryl methyl sites for hydroxylation is 2. The molecule has 0 unspecified atom stereocenters. The second-order valence-corrected chi connectivity index (χ2v) is 4.66. The summed E-state index contributed by atoms with van der Waals surface area (Å²) in [5.74, 6) is 0. The van der Waals surface area contributed by atoms with Gasteiger partial charge in [-0.15, -0.1) is 0 Å². The van der Waals surface area contributed by atoms with Crippen LogP contribution in [0.4, 0.5) is 11.4 Å². The zero-order valence-electron chi connectivity index (χ0n) is 12.0. The summed E-state index contributed by atoms with van der Waals surface area (Å²) < 4.78 is 0. The van der Waals surface area contributed by atoms with Crippen molar-refractivity contribution in [2.45, 2.75) is 26.7 Å². The monoisotopic (exact) mass is 254 g/mol. The van der Waals surface area contributed by atoms with Crippen molar-refractivity contribution in [2.24, 2.45) is 0 Å². The Morgan fingerprint density at radius 1 is 0.842 bits per heavy atom. The minimum Gasteiger partial charge on any atom is -0.298 e. The molecule has 0 aliphatic carbocycles. The van der Waals surface area contributed by atoms with Crippen molar-refractivity contribution in [2.75, 3.05) is 17.5 Å². The van der Waals surface area contributed by atoms with Gasteiger partial charge in [0.15, 0.2) is 0 Å². The van der Waals surface area contributed by atoms with E-state index in [4.69, 9.17) is 0 Å². The fourth-order valence-electron chi connectivity index (χ4n) is 2.27. The van der Waals surface area contributed by atoms with Gasteiger partial charge in [0.05, 0.1) is 11.4 Å². The molecule has 2 rings (SSSR count). The van der Waals surface area contributed by atoms with E-state index in [1.54, 1.807) is 0 Å². The zero-order chi connectivity index (χ0) is 13.7. The molecule has 0 aliphatic heterocycles. The number of hydrazine groups is 1. The molecular formula is C17H22N2. The Morgan fingerprint density at radius 2 is 1.42 bits per heavy atom. The molecule has 0 atom stereocenters. The number of rotatable bonds is 5. The van der Waals surface area contributed by atoms with Crippen LogP contribution in [-0.2, 0) is 12.8 Å². The average Bonchev–Trinajstić information content (AvgIpc) is 2.48. The van der Waals surface area contributed by atoms with Crippen LogP contribution in [0.2, 0.25) is 0 Å². The van der Waals surface area contributed by atoms with Crippen molar-refractivity contribution in [1.82, 2.24) is 0 Å². The highest BCUT2D eigenvalue weighted by Crippen LogP contribution is 2.24. The number of hydrogen-bond donors (Lipinski definition) is 1. The SMILES string of the molecule is CCc1cccc(CC)c1NN(C)c1ccccc1. The van der Waals surface area contributed by atoms with Gasteiger partial charge < -0.3 is 0 Å². The largest absolute Gasteiger partial charge is 0.298 e. The maximum Gasteiger partial charge on any atom is 0.0605 e. The molecule has 2 heteroatoms. The summed E-state index contributed by atoms with van der Waals surface area (Å²) in [4.78, 5) is 0. The third-order valence-corrected chi connectivity index (χ3v) is 3.42. The van der Waals surface area contributed by atoms with Gasteiger partial charge in [-0.3, -0.25) is 10.4 Å². The van der Waals surface area contributed by atoms with Crippen LogP contribution in [0.25, 0.3) is 0 Å². The quantitative estimate of drug-likeness (QED) is 0.801. The van der Waals surface area contributed by atoms with Gasteiger partial charge in [-0.2, -0.15) is 0 Å². The minimum absolute atomic E-state index is 1.04. The molecule has 0 aromatic heterocycles. The maximum absolute atomic E-state index is 3.53. The van der Waals surface area contributed by atoms with Gasteiger partial charge in [0, 0.05) is 7.05 Å². The molecule has 0 bridgehead atoms. The second-order valence-electron chi connectivity index (χ2n) is 4.66. The topological polar surface area (TPSA) is 15.3 Å². The van der Waals surface area contributed by atoms with Crippen molar-refractivity contribution in [3.63, 3.8) is 0 Å². The van der Waals surface area contributed by atoms with E-state index < -0.39 is 0 Å². The van der Waals surface area contributed by atoms with Crippen molar-refractivity contribution in [3.05, 3.63) is 59.7 Å². The van der Waals surface area contributed by atoms with Gasteiger partial charge in [0.2, 0.25) is 0 Å². The summed E-state index contributed by atoms with van der Waals surface area (Å²) in [6.07, 6.45) is 2.08. The molecule has 19 heavy (non-hydrogen) atoms. The number of hydrogen-bond acceptors (Lipinski definition) is 2. The molecule has 1 N–H and O–H groups in total. The standard InChI is InChI=1S/C17H22N2/c1-4-14-10-9-11-15(5-2)17(14)18-19(3)16-12-7-6-8-13-16/h6-13,18H,4-5H2,1-3H3. The summed E-state index contributed by atoms with van der Waals surface area (Å²) in [7, 11) is 2.06. The molecular weight excluding hydrogens is 232 g/mol. The van der Waals surface area contributed by atoms with Gasteiger partial charge in [0.25, 0.3) is 0 Å². The van der Waals surface area contributed by atoms with Crippen LogP contribution in [-0.4, -0.2) is 7.05 Å². The van der Waals surface area contributed by atoms with E-state index in [-0.39, 0.29) is 0 Å². The first-order valence-electron chi connectivity index (χ1n) is 6.92. The zero-order valence-corrected chi connectivity index (χ0v) is 12.0. The summed E-state index contributed by atoms with van der Waals surface area (Å²) in [5, 5.41) is 2.08. The molecule has 0 aliphatic rings. The average molecular weight is 254 g/mol. The molecule has 0 heterocycles. The Hall–Kier alpha value is -1.96. The first-order chi connectivity index (χ1) is 9.26. The Balaban J connectivity index is 2.27. The fourth-order valence-corrected chi connectivity index (χ4v) is 2.27. The van der Waals surface area contributed by atoms with E-state index >= 15 is 0 Å². The van der Waals surface area contributed by atoms with Crippen LogP contribution in [0.15, 0.2) is 48.5 Å². The highest BCUT2D eigenvalue weighted by molar-refractivity contribution is 5.62. The molecule has 2 aromatic carbocycles. The van der Waals surface area contributed by atoms with E-state index in [1.807, 2.05) is 6.07 Å². The molecule has 0 radical (unpaired) electrons. The molecule has 0 spiro atoms. The molecule has 100 valence electrons. The fraction of sp³-hybridized carbons (Fsp3) is 0.294. The summed E-state index contributed by atoms with van der Waals surface area (Å²) >= 11 is 0. The first-order valence-corrected chi connectivity index (χ1v) is 6.92. The van der Waals surface area contributed by atoms with Crippen LogP contribution in [0.1, 0.15) is 25.0 Å². The van der Waals surface area contributed by atoms with Gasteiger partial charge in [0.1, 0.15) is 0 Å². The molecule has 2 aromatic rings. The van der Waals surface area contributed by atoms with E-state index in [2.05, 4.69) is 73.8 Å². The smallest absolute Gasteiger partial charge is 0.0605 e. The van der Waals surface area contributed by atoms with E-state index in [0.29, 0.717) is 0 Å². The number of nitrogens with one attached hydrogen (secondary N) is 1. The number of nitrogens with zero attached hydrogens (tertiary/aromatic N) is 1. The number of anilines is 2. The Kier molecular flexibility index (Phi) is 4.45. The van der Waals surface area contributed by atoms with Crippen LogP contribution < -0.4 is 10.4 Å². The predicted molar refractivity (Wildman–Crippen MR) is 83.7 cm³/mol. The highest BCUT2D eigenvalue weighted by Gasteiger charge is 2.08. The summed E-state index contributed by atoms with van der Waals surface area (Å²) in [6.45, 7) is 4.39. The van der Waals surface area contributed by atoms with Crippen LogP contribution in [0.5, 0.6) is 0 Å². The van der Waals surface area contributed by atoms with E-state index in [0.717, 1.165) is 18.5 Å². The lowest BCUT2D eigenvalue weighted by Gasteiger charge is -2.25. The normalized spacial score (nSPS) is 10.3. The van der Waals surface area contributed by atoms with Crippen LogP contribution in [0.3, 0.4) is 0 Å². The highest BCUT2D eigenvalue weighted by atomic mass is 15.5. The second kappa shape index (κ2) is 6.28. The van der Waals surface area contributed by atoms with E-state index in [9.17, 15) is 0 Å². The lowest BCUT2D eigenvalue weighted by atomic mass is 10.0. The van der Waals surface area contributed by atoms with Crippen molar-refractivity contribution >= 4 is 11.4 Å². The summed E-state index contributed by atoms with van der Waals surface area (Å²) in [5.41, 5.74) is 8.67. The Morgan fingerprint density at radius 3 is 1.95 bits per heavy atom. The van der Waals surface area contributed by atoms with Crippen molar-refractivity contribution < 1.29 is 0 Å². The van der Waals surface area contributed by atoms with Gasteiger partial charge in [-0.25, -0.2) is 0 Å². The van der Waals surface area contributed by atoms with Crippen molar-refractivity contribution in [1.29, 1.82) is 0 Å². The summed E-state index contributed by atoms with van der Waals surface area (Å²) in [6, 6.07) is 16.9. The Bertz CT molecular complexity index is 498. The molecule has 0 saturated carbocycles. The third-order valence-electron chi connectivity index (χ3n) is 3.42. The molecule has 2 nitrogen and oxygen atoms in total. The van der Waals surface area contributed by atoms with Gasteiger partial charge >= 0.3 is 0 Å². The lowest BCUT2D eigenvalue weighted by Crippen LogP contribution is -2.26. The predicted octanol–water partition coefficient (Wildman–Crippen LogP) is 4.27.